The van der Waals surface area contributed by atoms with Crippen molar-refractivity contribution in [3.05, 3.63) is 71.0 Å². The average molecular weight is 380 g/mol. The van der Waals surface area contributed by atoms with Crippen molar-refractivity contribution >= 4 is 11.8 Å². The fourth-order valence-corrected chi connectivity index (χ4v) is 4.41. The van der Waals surface area contributed by atoms with Gasteiger partial charge in [-0.15, -0.1) is 0 Å². The molecule has 5 rings (SSSR count). The van der Waals surface area contributed by atoms with Crippen LogP contribution in [0.3, 0.4) is 0 Å². The minimum atomic E-state index is -0.250. The molecule has 3 fully saturated rings. The van der Waals surface area contributed by atoms with Crippen LogP contribution in [0.1, 0.15) is 34.3 Å². The summed E-state index contributed by atoms with van der Waals surface area (Å²) in [5.41, 5.74) is 2.09. The molecule has 0 aromatic heterocycles. The van der Waals surface area contributed by atoms with E-state index in [9.17, 15) is 14.0 Å². The molecule has 2 atom stereocenters. The monoisotopic (exact) mass is 380 g/mol. The van der Waals surface area contributed by atoms with E-state index in [4.69, 9.17) is 0 Å². The number of carbonyl (C=O) groups is 2. The van der Waals surface area contributed by atoms with Crippen molar-refractivity contribution in [2.45, 2.75) is 32.2 Å². The Morgan fingerprint density at radius 2 is 1.82 bits per heavy atom. The number of rotatable bonds is 3. The molecule has 0 aliphatic carbocycles. The number of carbonyl (C=O) groups excluding carboxylic acids is 2. The van der Waals surface area contributed by atoms with Gasteiger partial charge < -0.3 is 9.80 Å². The molecule has 3 heterocycles. The van der Waals surface area contributed by atoms with Gasteiger partial charge in [-0.25, -0.2) is 4.39 Å². The number of piperidine rings is 1. The third-order valence-corrected chi connectivity index (χ3v) is 5.92. The molecule has 3 aliphatic rings. The van der Waals surface area contributed by atoms with Gasteiger partial charge in [-0.1, -0.05) is 30.3 Å². The first kappa shape index (κ1) is 18.7. The van der Waals surface area contributed by atoms with Gasteiger partial charge in [-0.2, -0.15) is 0 Å². The van der Waals surface area contributed by atoms with Crippen LogP contribution in [0.5, 0.6) is 0 Å². The van der Waals surface area contributed by atoms with Gasteiger partial charge in [0.05, 0.1) is 6.42 Å². The molecule has 0 saturated carbocycles. The minimum absolute atomic E-state index is 0.0426. The van der Waals surface area contributed by atoms with E-state index in [2.05, 4.69) is 0 Å². The first-order chi connectivity index (χ1) is 13.5. The number of hydrogen-bond acceptors (Lipinski definition) is 2. The number of fused-ring (bicyclic) bond motifs is 4. The first-order valence-electron chi connectivity index (χ1n) is 9.90. The third-order valence-electron chi connectivity index (χ3n) is 5.92. The Bertz CT molecular complexity index is 883. The highest BCUT2D eigenvalue weighted by Crippen LogP contribution is 2.29. The highest BCUT2D eigenvalue weighted by atomic mass is 19.1. The number of amides is 2. The van der Waals surface area contributed by atoms with E-state index in [1.807, 2.05) is 40.1 Å². The lowest BCUT2D eigenvalue weighted by Crippen LogP contribution is -2.48. The molecule has 4 nitrogen and oxygen atoms in total. The molecule has 2 amide bonds. The standard InChI is InChI=1S/C23H25FN2O2/c1-16-11-17(8-10-21(16)24)12-22(27)26-14-18-7-9-20(26)15-25(13-18)23(28)19-5-3-2-4-6-19/h2-6,8,10-11,18,20H,7,9,12-15H2,1H3/t18-,20+/m0/s1. The Morgan fingerprint density at radius 3 is 2.57 bits per heavy atom. The maximum atomic E-state index is 13.5. The van der Waals surface area contributed by atoms with E-state index in [1.165, 1.54) is 6.07 Å². The molecule has 28 heavy (non-hydrogen) atoms. The molecule has 146 valence electrons. The predicted molar refractivity (Wildman–Crippen MR) is 105 cm³/mol. The van der Waals surface area contributed by atoms with E-state index < -0.39 is 0 Å². The second-order valence-corrected chi connectivity index (χ2v) is 7.98. The number of benzene rings is 2. The van der Waals surface area contributed by atoms with Crippen molar-refractivity contribution in [3.63, 3.8) is 0 Å². The fourth-order valence-electron chi connectivity index (χ4n) is 4.41. The average Bonchev–Trinajstić information content (AvgIpc) is 3.03. The van der Waals surface area contributed by atoms with Crippen LogP contribution in [0.15, 0.2) is 48.5 Å². The zero-order valence-corrected chi connectivity index (χ0v) is 16.1. The molecule has 2 aromatic rings. The van der Waals surface area contributed by atoms with Crippen LogP contribution in [-0.2, 0) is 11.2 Å². The Hall–Kier alpha value is -2.69. The third kappa shape index (κ3) is 3.79. The van der Waals surface area contributed by atoms with Crippen molar-refractivity contribution in [3.8, 4) is 0 Å². The summed E-state index contributed by atoms with van der Waals surface area (Å²) in [5.74, 6) is 0.168. The lowest BCUT2D eigenvalue weighted by Gasteiger charge is -2.36. The van der Waals surface area contributed by atoms with Gasteiger partial charge in [0.15, 0.2) is 0 Å². The van der Waals surface area contributed by atoms with Gasteiger partial charge in [0.25, 0.3) is 5.91 Å². The molecule has 3 aliphatic heterocycles. The van der Waals surface area contributed by atoms with E-state index in [1.54, 1.807) is 19.1 Å². The van der Waals surface area contributed by atoms with Gasteiger partial charge in [0, 0.05) is 31.2 Å². The SMILES string of the molecule is Cc1cc(CC(=O)N2C[C@H]3CC[C@@H]2CN(C(=O)c2ccccc2)C3)ccc1F. The maximum Gasteiger partial charge on any atom is 0.253 e. The Kier molecular flexibility index (Phi) is 5.16. The fraction of sp³-hybridized carbons (Fsp3) is 0.391. The zero-order chi connectivity index (χ0) is 19.7. The van der Waals surface area contributed by atoms with Crippen molar-refractivity contribution in [2.75, 3.05) is 19.6 Å². The number of aryl methyl sites for hydroxylation is 1. The minimum Gasteiger partial charge on any atom is -0.337 e. The molecule has 5 heteroatoms. The van der Waals surface area contributed by atoms with Gasteiger partial charge in [0.1, 0.15) is 5.82 Å². The van der Waals surface area contributed by atoms with Crippen LogP contribution in [0, 0.1) is 18.7 Å². The molecule has 3 saturated heterocycles. The van der Waals surface area contributed by atoms with Crippen molar-refractivity contribution < 1.29 is 14.0 Å². The number of halogens is 1. The second-order valence-electron chi connectivity index (χ2n) is 7.98. The smallest absolute Gasteiger partial charge is 0.253 e. The second kappa shape index (κ2) is 7.74. The van der Waals surface area contributed by atoms with Crippen LogP contribution in [0.25, 0.3) is 0 Å². The summed E-state index contributed by atoms with van der Waals surface area (Å²) in [4.78, 5) is 29.7. The zero-order valence-electron chi connectivity index (χ0n) is 16.1. The molecule has 2 bridgehead atoms. The maximum absolute atomic E-state index is 13.5. The quantitative estimate of drug-likeness (QED) is 0.818. The summed E-state index contributed by atoms with van der Waals surface area (Å²) < 4.78 is 13.5. The van der Waals surface area contributed by atoms with Gasteiger partial charge >= 0.3 is 0 Å². The highest BCUT2D eigenvalue weighted by molar-refractivity contribution is 5.94. The largest absolute Gasteiger partial charge is 0.337 e. The summed E-state index contributed by atoms with van der Waals surface area (Å²) in [6, 6.07) is 14.2. The summed E-state index contributed by atoms with van der Waals surface area (Å²) in [7, 11) is 0. The highest BCUT2D eigenvalue weighted by Gasteiger charge is 2.38. The summed E-state index contributed by atoms with van der Waals surface area (Å²) >= 11 is 0. The van der Waals surface area contributed by atoms with Crippen molar-refractivity contribution in [1.29, 1.82) is 0 Å². The lowest BCUT2D eigenvalue weighted by atomic mass is 9.94. The predicted octanol–water partition coefficient (Wildman–Crippen LogP) is 3.44. The number of nitrogens with zero attached hydrogens (tertiary/aromatic N) is 2. The molecule has 0 unspecified atom stereocenters. The molecule has 2 aromatic carbocycles. The molecule has 0 N–H and O–H groups in total. The summed E-state index contributed by atoms with van der Waals surface area (Å²) in [5, 5.41) is 0. The molecule has 0 spiro atoms. The van der Waals surface area contributed by atoms with Gasteiger partial charge in [-0.3, -0.25) is 9.59 Å². The van der Waals surface area contributed by atoms with E-state index in [-0.39, 0.29) is 30.1 Å². The van der Waals surface area contributed by atoms with Gasteiger partial charge in [-0.05, 0) is 55.0 Å². The van der Waals surface area contributed by atoms with E-state index in [0.717, 1.165) is 18.4 Å². The van der Waals surface area contributed by atoms with Crippen LogP contribution in [0.2, 0.25) is 0 Å². The Balaban J connectivity index is 1.48. The summed E-state index contributed by atoms with van der Waals surface area (Å²) in [6.45, 7) is 3.69. The van der Waals surface area contributed by atoms with E-state index >= 15 is 0 Å². The van der Waals surface area contributed by atoms with E-state index in [0.29, 0.717) is 36.7 Å². The topological polar surface area (TPSA) is 40.6 Å². The van der Waals surface area contributed by atoms with Crippen LogP contribution in [0.4, 0.5) is 4.39 Å². The van der Waals surface area contributed by atoms with Crippen molar-refractivity contribution in [2.24, 2.45) is 5.92 Å². The van der Waals surface area contributed by atoms with Crippen LogP contribution < -0.4 is 0 Å². The first-order valence-corrected chi connectivity index (χ1v) is 9.90. The number of hydrogen-bond donors (Lipinski definition) is 0. The molecular weight excluding hydrogens is 355 g/mol. The van der Waals surface area contributed by atoms with Crippen LogP contribution >= 0.6 is 0 Å². The Labute approximate surface area is 164 Å². The normalized spacial score (nSPS) is 21.5. The van der Waals surface area contributed by atoms with Gasteiger partial charge in [0.2, 0.25) is 5.91 Å². The summed E-state index contributed by atoms with van der Waals surface area (Å²) in [6.07, 6.45) is 2.25. The van der Waals surface area contributed by atoms with Crippen LogP contribution in [-0.4, -0.2) is 47.3 Å². The lowest BCUT2D eigenvalue weighted by molar-refractivity contribution is -0.134. The Morgan fingerprint density at radius 1 is 1.04 bits per heavy atom. The molecule has 0 radical (unpaired) electrons. The molecular formula is C23H25FN2O2. The van der Waals surface area contributed by atoms with Crippen molar-refractivity contribution in [1.82, 2.24) is 9.80 Å².